The largest absolute Gasteiger partial charge is 0.351 e. The van der Waals surface area contributed by atoms with E-state index in [1.807, 2.05) is 0 Å². The number of aromatic nitrogens is 1. The van der Waals surface area contributed by atoms with E-state index in [-0.39, 0.29) is 0 Å². The lowest BCUT2D eigenvalue weighted by Crippen LogP contribution is -1.84. The van der Waals surface area contributed by atoms with Gasteiger partial charge in [0, 0.05) is 35.6 Å². The molecule has 0 N–H and O–H groups in total. The van der Waals surface area contributed by atoms with Gasteiger partial charge in [0.2, 0.25) is 0 Å². The summed E-state index contributed by atoms with van der Waals surface area (Å²) in [6, 6.07) is 8.47. The lowest BCUT2D eigenvalue weighted by molar-refractivity contribution is 0.866. The minimum Gasteiger partial charge on any atom is -0.351 e. The van der Waals surface area contributed by atoms with Gasteiger partial charge in [-0.25, -0.2) is 0 Å². The second kappa shape index (κ2) is 3.82. The van der Waals surface area contributed by atoms with Gasteiger partial charge in [-0.2, -0.15) is 0 Å². The molecule has 76 valence electrons. The van der Waals surface area contributed by atoms with Crippen LogP contribution < -0.4 is 0 Å². The summed E-state index contributed by atoms with van der Waals surface area (Å²) in [6.07, 6.45) is 2.07. The molecule has 0 spiro atoms. The quantitative estimate of drug-likeness (QED) is 0.572. The molecule has 0 saturated carbocycles. The predicted molar refractivity (Wildman–Crippen MR) is 64.6 cm³/mol. The third kappa shape index (κ3) is 2.05. The number of aryl methyl sites for hydroxylation is 1. The molecule has 0 aliphatic rings. The van der Waals surface area contributed by atoms with Gasteiger partial charge in [-0.3, -0.25) is 0 Å². The second-order valence-electron chi connectivity index (χ2n) is 4.12. The van der Waals surface area contributed by atoms with Gasteiger partial charge < -0.3 is 4.57 Å². The first kappa shape index (κ1) is 9.86. The van der Waals surface area contributed by atoms with Gasteiger partial charge in [0.1, 0.15) is 0 Å². The van der Waals surface area contributed by atoms with Crippen molar-refractivity contribution < 1.29 is 0 Å². The van der Waals surface area contributed by atoms with E-state index in [1.54, 1.807) is 0 Å². The van der Waals surface area contributed by atoms with Gasteiger partial charge in [0.25, 0.3) is 0 Å². The van der Waals surface area contributed by atoms with Crippen LogP contribution in [0.2, 0.25) is 0 Å². The Morgan fingerprint density at radius 1 is 1.20 bits per heavy atom. The molecular weight excluding hydrogens is 182 g/mol. The first-order valence-electron chi connectivity index (χ1n) is 5.23. The van der Waals surface area contributed by atoms with Crippen molar-refractivity contribution in [3.63, 3.8) is 0 Å². The Labute approximate surface area is 90.7 Å². The lowest BCUT2D eigenvalue weighted by atomic mass is 10.1. The van der Waals surface area contributed by atoms with Crippen LogP contribution in [0.25, 0.3) is 10.9 Å². The molecule has 0 bridgehead atoms. The van der Waals surface area contributed by atoms with Crippen molar-refractivity contribution in [2.45, 2.75) is 13.8 Å². The molecule has 1 heterocycles. The zero-order chi connectivity index (χ0) is 10.8. The molecule has 15 heavy (non-hydrogen) atoms. The molecule has 0 amide bonds. The third-order valence-corrected chi connectivity index (χ3v) is 2.39. The highest BCUT2D eigenvalue weighted by atomic mass is 14.9. The highest BCUT2D eigenvalue weighted by molar-refractivity contribution is 5.81. The average Bonchev–Trinajstić information content (AvgIpc) is 2.57. The molecule has 1 heteroatoms. The molecule has 0 saturated heterocycles. The van der Waals surface area contributed by atoms with Crippen molar-refractivity contribution in [1.82, 2.24) is 4.57 Å². The summed E-state index contributed by atoms with van der Waals surface area (Å²) in [5.74, 6) is 6.79. The standard InChI is InChI=1S/C14H15N/c1-11(2)4-5-12-6-7-14-13(10-12)8-9-15(14)3/h6-11H,1-3H3. The number of fused-ring (bicyclic) bond motifs is 1. The molecule has 1 nitrogen and oxygen atoms in total. The van der Waals surface area contributed by atoms with Crippen molar-refractivity contribution >= 4 is 10.9 Å². The molecule has 1 aromatic heterocycles. The minimum atomic E-state index is 0.427. The third-order valence-electron chi connectivity index (χ3n) is 2.39. The van der Waals surface area contributed by atoms with Gasteiger partial charge in [-0.05, 0) is 24.3 Å². The van der Waals surface area contributed by atoms with Crippen LogP contribution in [0.3, 0.4) is 0 Å². The summed E-state index contributed by atoms with van der Waals surface area (Å²) in [6.45, 7) is 4.21. The molecule has 0 radical (unpaired) electrons. The molecule has 0 aliphatic heterocycles. The van der Waals surface area contributed by atoms with E-state index in [9.17, 15) is 0 Å². The summed E-state index contributed by atoms with van der Waals surface area (Å²) < 4.78 is 2.12. The highest BCUT2D eigenvalue weighted by Gasteiger charge is 1.97. The molecule has 0 unspecified atom stereocenters. The van der Waals surface area contributed by atoms with Gasteiger partial charge in [-0.15, -0.1) is 0 Å². The first-order valence-corrected chi connectivity index (χ1v) is 5.23. The number of rotatable bonds is 0. The van der Waals surface area contributed by atoms with Crippen molar-refractivity contribution in [3.05, 3.63) is 36.0 Å². The summed E-state index contributed by atoms with van der Waals surface area (Å²) >= 11 is 0. The van der Waals surface area contributed by atoms with E-state index in [0.29, 0.717) is 5.92 Å². The molecule has 0 atom stereocenters. The van der Waals surface area contributed by atoms with Crippen LogP contribution in [0.5, 0.6) is 0 Å². The maximum absolute atomic E-state index is 3.19. The van der Waals surface area contributed by atoms with E-state index in [0.717, 1.165) is 5.56 Å². The van der Waals surface area contributed by atoms with E-state index in [4.69, 9.17) is 0 Å². The Bertz CT molecular complexity index is 535. The molecule has 0 fully saturated rings. The van der Waals surface area contributed by atoms with Crippen molar-refractivity contribution in [3.8, 4) is 11.8 Å². The van der Waals surface area contributed by atoms with Crippen LogP contribution in [-0.4, -0.2) is 4.57 Å². The van der Waals surface area contributed by atoms with Crippen LogP contribution in [-0.2, 0) is 7.05 Å². The monoisotopic (exact) mass is 197 g/mol. The zero-order valence-corrected chi connectivity index (χ0v) is 9.41. The fourth-order valence-corrected chi connectivity index (χ4v) is 1.59. The number of hydrogen-bond donors (Lipinski definition) is 0. The highest BCUT2D eigenvalue weighted by Crippen LogP contribution is 2.15. The number of benzene rings is 1. The van der Waals surface area contributed by atoms with E-state index in [1.165, 1.54) is 10.9 Å². The van der Waals surface area contributed by atoms with Gasteiger partial charge in [0.05, 0.1) is 0 Å². The second-order valence-corrected chi connectivity index (χ2v) is 4.12. The fraction of sp³-hybridized carbons (Fsp3) is 0.286. The van der Waals surface area contributed by atoms with Crippen LogP contribution in [0.4, 0.5) is 0 Å². The Kier molecular flexibility index (Phi) is 2.51. The average molecular weight is 197 g/mol. The molecule has 2 rings (SSSR count). The van der Waals surface area contributed by atoms with E-state index >= 15 is 0 Å². The fourth-order valence-electron chi connectivity index (χ4n) is 1.59. The molecule has 0 aliphatic carbocycles. The minimum absolute atomic E-state index is 0.427. The summed E-state index contributed by atoms with van der Waals surface area (Å²) in [5, 5.41) is 1.26. The van der Waals surface area contributed by atoms with Gasteiger partial charge >= 0.3 is 0 Å². The smallest absolute Gasteiger partial charge is 0.0478 e. The maximum atomic E-state index is 3.19. The summed E-state index contributed by atoms with van der Waals surface area (Å²) in [4.78, 5) is 0. The van der Waals surface area contributed by atoms with Gasteiger partial charge in [-0.1, -0.05) is 25.7 Å². The van der Waals surface area contributed by atoms with Crippen LogP contribution in [0, 0.1) is 17.8 Å². The number of hydrogen-bond acceptors (Lipinski definition) is 0. The lowest BCUT2D eigenvalue weighted by Gasteiger charge is -1.96. The van der Waals surface area contributed by atoms with Gasteiger partial charge in [0.15, 0.2) is 0 Å². The topological polar surface area (TPSA) is 4.93 Å². The zero-order valence-electron chi connectivity index (χ0n) is 9.41. The van der Waals surface area contributed by atoms with Crippen LogP contribution in [0.1, 0.15) is 19.4 Å². The van der Waals surface area contributed by atoms with E-state index in [2.05, 4.69) is 67.8 Å². The van der Waals surface area contributed by atoms with Crippen molar-refractivity contribution in [2.75, 3.05) is 0 Å². The summed E-state index contributed by atoms with van der Waals surface area (Å²) in [7, 11) is 2.06. The SMILES string of the molecule is CC(C)C#Cc1ccc2c(ccn2C)c1. The van der Waals surface area contributed by atoms with Crippen LogP contribution in [0.15, 0.2) is 30.5 Å². The number of nitrogens with zero attached hydrogens (tertiary/aromatic N) is 1. The Balaban J connectivity index is 2.45. The molecule has 2 aromatic rings. The van der Waals surface area contributed by atoms with Crippen LogP contribution >= 0.6 is 0 Å². The maximum Gasteiger partial charge on any atom is 0.0478 e. The Hall–Kier alpha value is -1.68. The molecule has 1 aromatic carbocycles. The van der Waals surface area contributed by atoms with Crippen molar-refractivity contribution in [1.29, 1.82) is 0 Å². The first-order chi connectivity index (χ1) is 7.16. The predicted octanol–water partition coefficient (Wildman–Crippen LogP) is 3.19. The summed E-state index contributed by atoms with van der Waals surface area (Å²) in [5.41, 5.74) is 2.35. The Morgan fingerprint density at radius 2 is 2.00 bits per heavy atom. The van der Waals surface area contributed by atoms with E-state index < -0.39 is 0 Å². The Morgan fingerprint density at radius 3 is 2.73 bits per heavy atom. The van der Waals surface area contributed by atoms with Crippen molar-refractivity contribution in [2.24, 2.45) is 13.0 Å². The normalized spacial score (nSPS) is 10.4. The molecular formula is C14H15N.